The fourth-order valence-electron chi connectivity index (χ4n) is 2.41. The Morgan fingerprint density at radius 3 is 2.58 bits per heavy atom. The molecule has 1 aromatic heterocycles. The zero-order chi connectivity index (χ0) is 18.2. The molecular weight excluding hydrogens is 459 g/mol. The highest BCUT2D eigenvalue weighted by Gasteiger charge is 2.08. The van der Waals surface area contributed by atoms with Crippen molar-refractivity contribution in [2.75, 3.05) is 27.7 Å². The number of amides is 1. The number of thiophene rings is 1. The van der Waals surface area contributed by atoms with Gasteiger partial charge >= 0.3 is 0 Å². The van der Waals surface area contributed by atoms with E-state index >= 15 is 0 Å². The maximum absolute atomic E-state index is 12.0. The molecule has 1 amide bonds. The fourth-order valence-corrected chi connectivity index (χ4v) is 3.24. The third-order valence-electron chi connectivity index (χ3n) is 3.74. The molecule has 0 radical (unpaired) electrons. The minimum atomic E-state index is 0. The molecule has 0 unspecified atom stereocenters. The lowest BCUT2D eigenvalue weighted by Gasteiger charge is -2.13. The van der Waals surface area contributed by atoms with Crippen molar-refractivity contribution in [3.05, 3.63) is 57.3 Å². The molecule has 1 aromatic carbocycles. The minimum absolute atomic E-state index is 0. The van der Waals surface area contributed by atoms with Crippen LogP contribution in [-0.2, 0) is 13.0 Å². The molecule has 1 heterocycles. The van der Waals surface area contributed by atoms with E-state index in [-0.39, 0.29) is 29.9 Å². The number of aryl methyl sites for hydroxylation is 1. The Labute approximate surface area is 176 Å². The highest BCUT2D eigenvalue weighted by atomic mass is 127. The molecule has 26 heavy (non-hydrogen) atoms. The van der Waals surface area contributed by atoms with E-state index in [0.29, 0.717) is 0 Å². The summed E-state index contributed by atoms with van der Waals surface area (Å²) >= 11 is 1.79. The number of aliphatic imine (C=N–C) groups is 1. The number of benzene rings is 1. The molecule has 0 aliphatic carbocycles. The van der Waals surface area contributed by atoms with E-state index in [1.165, 1.54) is 9.75 Å². The molecule has 0 bridgehead atoms. The molecule has 7 heteroatoms. The molecule has 142 valence electrons. The quantitative estimate of drug-likeness (QED) is 0.375. The lowest BCUT2D eigenvalue weighted by Crippen LogP contribution is -2.37. The second kappa shape index (κ2) is 11.2. The average Bonchev–Trinajstić information content (AvgIpc) is 3.02. The van der Waals surface area contributed by atoms with E-state index in [2.05, 4.69) is 34.7 Å². The topological polar surface area (TPSA) is 56.7 Å². The second-order valence-corrected chi connectivity index (χ2v) is 7.39. The number of carbonyl (C=O) groups excluding carboxylic acids is 1. The maximum atomic E-state index is 12.0. The summed E-state index contributed by atoms with van der Waals surface area (Å²) in [6.45, 7) is 3.63. The molecule has 0 aliphatic rings. The summed E-state index contributed by atoms with van der Waals surface area (Å²) in [5, 5.41) is 6.63. The van der Waals surface area contributed by atoms with Crippen molar-refractivity contribution in [2.24, 2.45) is 4.99 Å². The molecule has 2 N–H and O–H groups in total. The van der Waals surface area contributed by atoms with Gasteiger partial charge in [-0.15, -0.1) is 35.3 Å². The molecule has 2 aromatic rings. The Balaban J connectivity index is 0.00000338. The maximum Gasteiger partial charge on any atom is 0.253 e. The molecule has 5 nitrogen and oxygen atoms in total. The Bertz CT molecular complexity index is 743. The molecule has 0 fully saturated rings. The van der Waals surface area contributed by atoms with Crippen LogP contribution in [0.5, 0.6) is 0 Å². The van der Waals surface area contributed by atoms with Crippen LogP contribution in [0.2, 0.25) is 0 Å². The van der Waals surface area contributed by atoms with Crippen LogP contribution in [0.3, 0.4) is 0 Å². The van der Waals surface area contributed by atoms with Crippen molar-refractivity contribution in [3.63, 3.8) is 0 Å². The van der Waals surface area contributed by atoms with Crippen LogP contribution in [0.25, 0.3) is 0 Å². The molecular formula is C19H27IN4OS. The monoisotopic (exact) mass is 486 g/mol. The summed E-state index contributed by atoms with van der Waals surface area (Å²) in [6.07, 6.45) is 0.827. The Hall–Kier alpha value is -1.61. The van der Waals surface area contributed by atoms with Gasteiger partial charge in [0.15, 0.2) is 5.96 Å². The van der Waals surface area contributed by atoms with E-state index in [0.717, 1.165) is 36.6 Å². The largest absolute Gasteiger partial charge is 0.356 e. The smallest absolute Gasteiger partial charge is 0.253 e. The first kappa shape index (κ1) is 22.4. The Morgan fingerprint density at radius 2 is 1.96 bits per heavy atom. The summed E-state index contributed by atoms with van der Waals surface area (Å²) in [7, 11) is 5.30. The number of rotatable bonds is 6. The lowest BCUT2D eigenvalue weighted by molar-refractivity contribution is 0.0827. The first-order valence-corrected chi connectivity index (χ1v) is 9.11. The van der Waals surface area contributed by atoms with Gasteiger partial charge in [-0.2, -0.15) is 0 Å². The summed E-state index contributed by atoms with van der Waals surface area (Å²) in [5.74, 6) is 0.810. The zero-order valence-electron chi connectivity index (χ0n) is 15.7. The van der Waals surface area contributed by atoms with Crippen LogP contribution in [0.15, 0.2) is 41.4 Å². The first-order valence-electron chi connectivity index (χ1n) is 8.30. The van der Waals surface area contributed by atoms with Gasteiger partial charge in [-0.1, -0.05) is 12.1 Å². The minimum Gasteiger partial charge on any atom is -0.356 e. The standard InChI is InChI=1S/C19H26N4OS.HI/c1-14-8-9-17(25-14)13-22-19(20-2)21-11-10-15-6-5-7-16(12-15)18(24)23(3)4;/h5-9,12H,10-11,13H2,1-4H3,(H2,20,21,22);1H. The van der Waals surface area contributed by atoms with Gasteiger partial charge in [-0.3, -0.25) is 9.79 Å². The molecule has 0 saturated carbocycles. The first-order chi connectivity index (χ1) is 12.0. The second-order valence-electron chi connectivity index (χ2n) is 6.01. The van der Waals surface area contributed by atoms with Crippen molar-refractivity contribution in [1.29, 1.82) is 0 Å². The molecule has 0 aliphatic heterocycles. The van der Waals surface area contributed by atoms with Crippen molar-refractivity contribution in [3.8, 4) is 0 Å². The van der Waals surface area contributed by atoms with Gasteiger partial charge in [0.25, 0.3) is 5.91 Å². The molecule has 0 saturated heterocycles. The van der Waals surface area contributed by atoms with Crippen molar-refractivity contribution < 1.29 is 4.79 Å². The van der Waals surface area contributed by atoms with Crippen LogP contribution in [0.1, 0.15) is 25.7 Å². The van der Waals surface area contributed by atoms with E-state index in [4.69, 9.17) is 0 Å². The Morgan fingerprint density at radius 1 is 1.19 bits per heavy atom. The number of nitrogens with one attached hydrogen (secondary N) is 2. The van der Waals surface area contributed by atoms with Crippen LogP contribution < -0.4 is 10.6 Å². The average molecular weight is 486 g/mol. The highest BCUT2D eigenvalue weighted by Crippen LogP contribution is 2.14. The number of halogens is 1. The van der Waals surface area contributed by atoms with Gasteiger partial charge < -0.3 is 15.5 Å². The van der Waals surface area contributed by atoms with Gasteiger partial charge in [0.05, 0.1) is 6.54 Å². The van der Waals surface area contributed by atoms with E-state index in [1.807, 2.05) is 24.3 Å². The van der Waals surface area contributed by atoms with Crippen LogP contribution in [-0.4, -0.2) is 44.5 Å². The van der Waals surface area contributed by atoms with Gasteiger partial charge in [-0.25, -0.2) is 0 Å². The van der Waals surface area contributed by atoms with E-state index in [1.54, 1.807) is 37.4 Å². The summed E-state index contributed by atoms with van der Waals surface area (Å²) in [6, 6.07) is 12.0. The predicted octanol–water partition coefficient (Wildman–Crippen LogP) is 3.28. The lowest BCUT2D eigenvalue weighted by atomic mass is 10.1. The highest BCUT2D eigenvalue weighted by molar-refractivity contribution is 14.0. The van der Waals surface area contributed by atoms with Gasteiger partial charge in [0.1, 0.15) is 0 Å². The van der Waals surface area contributed by atoms with E-state index in [9.17, 15) is 4.79 Å². The van der Waals surface area contributed by atoms with Crippen molar-refractivity contribution in [2.45, 2.75) is 19.9 Å². The van der Waals surface area contributed by atoms with E-state index < -0.39 is 0 Å². The van der Waals surface area contributed by atoms with Crippen LogP contribution >= 0.6 is 35.3 Å². The summed E-state index contributed by atoms with van der Waals surface area (Å²) in [5.41, 5.74) is 1.85. The third kappa shape index (κ3) is 6.95. The number of hydrogen-bond donors (Lipinski definition) is 2. The Kier molecular flexibility index (Phi) is 9.64. The SMILES string of the molecule is CN=C(NCCc1cccc(C(=O)N(C)C)c1)NCc1ccc(C)s1.I. The summed E-state index contributed by atoms with van der Waals surface area (Å²) in [4.78, 5) is 20.5. The molecule has 2 rings (SSSR count). The van der Waals surface area contributed by atoms with Crippen molar-refractivity contribution >= 4 is 47.2 Å². The molecule has 0 atom stereocenters. The number of carbonyl (C=O) groups is 1. The fraction of sp³-hybridized carbons (Fsp3) is 0.368. The van der Waals surface area contributed by atoms with Crippen LogP contribution in [0.4, 0.5) is 0 Å². The van der Waals surface area contributed by atoms with Gasteiger partial charge in [0, 0.05) is 43.0 Å². The third-order valence-corrected chi connectivity index (χ3v) is 4.74. The zero-order valence-corrected chi connectivity index (χ0v) is 18.9. The van der Waals surface area contributed by atoms with Crippen molar-refractivity contribution in [1.82, 2.24) is 15.5 Å². The predicted molar refractivity (Wildman–Crippen MR) is 121 cm³/mol. The molecule has 0 spiro atoms. The number of guanidine groups is 1. The number of nitrogens with zero attached hydrogens (tertiary/aromatic N) is 2. The van der Waals surface area contributed by atoms with Gasteiger partial charge in [-0.05, 0) is 43.2 Å². The van der Waals surface area contributed by atoms with Gasteiger partial charge in [0.2, 0.25) is 0 Å². The number of hydrogen-bond acceptors (Lipinski definition) is 3. The normalized spacial score (nSPS) is 10.8. The van der Waals surface area contributed by atoms with Crippen LogP contribution in [0, 0.1) is 6.92 Å². The summed E-state index contributed by atoms with van der Waals surface area (Å²) < 4.78 is 0.